The summed E-state index contributed by atoms with van der Waals surface area (Å²) in [6.45, 7) is 5.00. The molecule has 1 aromatic heterocycles. The smallest absolute Gasteiger partial charge is 0.316 e. The highest BCUT2D eigenvalue weighted by Gasteiger charge is 1.98. The summed E-state index contributed by atoms with van der Waals surface area (Å²) in [4.78, 5) is 7.99. The van der Waals surface area contributed by atoms with Crippen molar-refractivity contribution in [1.82, 2.24) is 9.97 Å². The van der Waals surface area contributed by atoms with Crippen molar-refractivity contribution in [1.29, 1.82) is 0 Å². The predicted octanol–water partition coefficient (Wildman–Crippen LogP) is 2.66. The number of halogens is 1. The number of nitrogens with zero attached hydrogens (tertiary/aromatic N) is 2. The summed E-state index contributed by atoms with van der Waals surface area (Å²) in [6, 6.07) is 0.448. The van der Waals surface area contributed by atoms with Crippen molar-refractivity contribution in [3.8, 4) is 6.01 Å². The molecule has 0 saturated heterocycles. The van der Waals surface area contributed by atoms with Gasteiger partial charge in [0, 0.05) is 12.4 Å². The van der Waals surface area contributed by atoms with E-state index >= 15 is 0 Å². The van der Waals surface area contributed by atoms with Crippen molar-refractivity contribution < 1.29 is 4.74 Å². The molecule has 1 rings (SSSR count). The first-order valence-corrected chi connectivity index (χ1v) is 5.08. The third kappa shape index (κ3) is 4.22. The first-order chi connectivity index (χ1) is 6.18. The van der Waals surface area contributed by atoms with Crippen LogP contribution < -0.4 is 4.74 Å². The first-order valence-electron chi connectivity index (χ1n) is 4.29. The van der Waals surface area contributed by atoms with Crippen molar-refractivity contribution in [3.05, 3.63) is 16.9 Å². The van der Waals surface area contributed by atoms with Gasteiger partial charge in [-0.15, -0.1) is 0 Å². The van der Waals surface area contributed by atoms with Crippen LogP contribution in [0.25, 0.3) is 0 Å². The lowest BCUT2D eigenvalue weighted by molar-refractivity contribution is 0.268. The molecular weight excluding hydrogens is 232 g/mol. The normalized spacial score (nSPS) is 10.5. The Bertz CT molecular complexity index is 248. The molecule has 3 nitrogen and oxygen atoms in total. The summed E-state index contributed by atoms with van der Waals surface area (Å²) in [5, 5.41) is 0. The van der Waals surface area contributed by atoms with Gasteiger partial charge in [-0.2, -0.15) is 0 Å². The standard InChI is InChI=1S/C9H13BrN2O/c1-7(2)3-4-13-9-11-5-8(10)6-12-9/h5-7H,3-4H2,1-2H3. The Morgan fingerprint density at radius 2 is 2.00 bits per heavy atom. The zero-order valence-corrected chi connectivity index (χ0v) is 9.41. The molecule has 1 aromatic rings. The van der Waals surface area contributed by atoms with Crippen LogP contribution in [0.1, 0.15) is 20.3 Å². The molecule has 0 aromatic carbocycles. The molecule has 0 aliphatic heterocycles. The summed E-state index contributed by atoms with van der Waals surface area (Å²) in [5.41, 5.74) is 0. The molecule has 0 unspecified atom stereocenters. The van der Waals surface area contributed by atoms with Crippen LogP contribution in [0.5, 0.6) is 6.01 Å². The number of ether oxygens (including phenoxy) is 1. The van der Waals surface area contributed by atoms with E-state index in [9.17, 15) is 0 Å². The largest absolute Gasteiger partial charge is 0.463 e. The topological polar surface area (TPSA) is 35.0 Å². The van der Waals surface area contributed by atoms with Crippen LogP contribution in [0.15, 0.2) is 16.9 Å². The summed E-state index contributed by atoms with van der Waals surface area (Å²) in [7, 11) is 0. The Hall–Kier alpha value is -0.640. The van der Waals surface area contributed by atoms with Crippen molar-refractivity contribution >= 4 is 15.9 Å². The van der Waals surface area contributed by atoms with Crippen molar-refractivity contribution in [2.75, 3.05) is 6.61 Å². The summed E-state index contributed by atoms with van der Waals surface area (Å²) >= 11 is 3.26. The van der Waals surface area contributed by atoms with Crippen molar-refractivity contribution in [2.45, 2.75) is 20.3 Å². The number of hydrogen-bond donors (Lipinski definition) is 0. The van der Waals surface area contributed by atoms with E-state index in [1.165, 1.54) is 0 Å². The molecule has 0 fully saturated rings. The quantitative estimate of drug-likeness (QED) is 0.817. The number of rotatable bonds is 4. The molecule has 4 heteroatoms. The van der Waals surface area contributed by atoms with Gasteiger partial charge in [0.15, 0.2) is 0 Å². The van der Waals surface area contributed by atoms with Crippen LogP contribution in [-0.2, 0) is 0 Å². The Kier molecular flexibility index (Phi) is 4.15. The van der Waals surface area contributed by atoms with Gasteiger partial charge >= 0.3 is 6.01 Å². The molecule has 0 amide bonds. The Labute approximate surface area is 86.7 Å². The average molecular weight is 245 g/mol. The molecule has 0 aliphatic carbocycles. The third-order valence-electron chi connectivity index (χ3n) is 1.52. The van der Waals surface area contributed by atoms with Crippen LogP contribution in [0.3, 0.4) is 0 Å². The molecule has 1 heterocycles. The second-order valence-electron chi connectivity index (χ2n) is 3.21. The number of hydrogen-bond acceptors (Lipinski definition) is 3. The zero-order valence-electron chi connectivity index (χ0n) is 7.83. The zero-order chi connectivity index (χ0) is 9.68. The minimum absolute atomic E-state index is 0.448. The maximum atomic E-state index is 5.33. The van der Waals surface area contributed by atoms with Gasteiger partial charge in [-0.3, -0.25) is 0 Å². The molecule has 72 valence electrons. The Morgan fingerprint density at radius 3 is 2.54 bits per heavy atom. The predicted molar refractivity (Wildman–Crippen MR) is 54.7 cm³/mol. The molecule has 0 spiro atoms. The minimum atomic E-state index is 0.448. The minimum Gasteiger partial charge on any atom is -0.463 e. The fourth-order valence-corrected chi connectivity index (χ4v) is 0.966. The van der Waals surface area contributed by atoms with Gasteiger partial charge in [-0.25, -0.2) is 9.97 Å². The fourth-order valence-electron chi connectivity index (χ4n) is 0.761. The second-order valence-corrected chi connectivity index (χ2v) is 4.13. The van der Waals surface area contributed by atoms with Crippen LogP contribution >= 0.6 is 15.9 Å². The Balaban J connectivity index is 2.33. The molecule has 0 radical (unpaired) electrons. The lowest BCUT2D eigenvalue weighted by atomic mass is 10.1. The third-order valence-corrected chi connectivity index (χ3v) is 1.93. The number of aromatic nitrogens is 2. The van der Waals surface area contributed by atoms with E-state index < -0.39 is 0 Å². The van der Waals surface area contributed by atoms with E-state index in [-0.39, 0.29) is 0 Å². The summed E-state index contributed by atoms with van der Waals surface area (Å²) in [5.74, 6) is 0.649. The molecule has 0 aliphatic rings. The van der Waals surface area contributed by atoms with Crippen LogP contribution in [0.2, 0.25) is 0 Å². The van der Waals surface area contributed by atoms with Gasteiger partial charge < -0.3 is 4.74 Å². The highest BCUT2D eigenvalue weighted by Crippen LogP contribution is 2.09. The van der Waals surface area contributed by atoms with Gasteiger partial charge in [-0.05, 0) is 28.3 Å². The molecular formula is C9H13BrN2O. The SMILES string of the molecule is CC(C)CCOc1ncc(Br)cn1. The summed E-state index contributed by atoms with van der Waals surface area (Å²) < 4.78 is 6.19. The lowest BCUT2D eigenvalue weighted by Gasteiger charge is -2.05. The van der Waals surface area contributed by atoms with E-state index in [2.05, 4.69) is 39.7 Å². The second kappa shape index (κ2) is 5.17. The van der Waals surface area contributed by atoms with Crippen LogP contribution in [-0.4, -0.2) is 16.6 Å². The summed E-state index contributed by atoms with van der Waals surface area (Å²) in [6.07, 6.45) is 4.38. The maximum absolute atomic E-state index is 5.33. The van der Waals surface area contributed by atoms with Gasteiger partial charge in [0.05, 0.1) is 11.1 Å². The molecule has 0 bridgehead atoms. The fraction of sp³-hybridized carbons (Fsp3) is 0.556. The van der Waals surface area contributed by atoms with Gasteiger partial charge in [0.25, 0.3) is 0 Å². The lowest BCUT2D eigenvalue weighted by Crippen LogP contribution is -2.03. The van der Waals surface area contributed by atoms with Gasteiger partial charge in [0.2, 0.25) is 0 Å². The van der Waals surface area contributed by atoms with E-state index in [0.29, 0.717) is 18.5 Å². The molecule has 0 N–H and O–H groups in total. The molecule has 0 saturated carbocycles. The van der Waals surface area contributed by atoms with Crippen LogP contribution in [0, 0.1) is 5.92 Å². The van der Waals surface area contributed by atoms with Gasteiger partial charge in [0.1, 0.15) is 0 Å². The van der Waals surface area contributed by atoms with E-state index in [4.69, 9.17) is 4.74 Å². The van der Waals surface area contributed by atoms with Crippen molar-refractivity contribution in [2.24, 2.45) is 5.92 Å². The first kappa shape index (κ1) is 10.4. The maximum Gasteiger partial charge on any atom is 0.316 e. The molecule has 13 heavy (non-hydrogen) atoms. The van der Waals surface area contributed by atoms with E-state index in [1.807, 2.05) is 0 Å². The van der Waals surface area contributed by atoms with Crippen molar-refractivity contribution in [3.63, 3.8) is 0 Å². The van der Waals surface area contributed by atoms with E-state index in [1.54, 1.807) is 12.4 Å². The highest BCUT2D eigenvalue weighted by atomic mass is 79.9. The van der Waals surface area contributed by atoms with Crippen LogP contribution in [0.4, 0.5) is 0 Å². The highest BCUT2D eigenvalue weighted by molar-refractivity contribution is 9.10. The Morgan fingerprint density at radius 1 is 1.38 bits per heavy atom. The average Bonchev–Trinajstić information content (AvgIpc) is 2.08. The monoisotopic (exact) mass is 244 g/mol. The van der Waals surface area contributed by atoms with E-state index in [0.717, 1.165) is 10.9 Å². The molecule has 0 atom stereocenters. The van der Waals surface area contributed by atoms with Gasteiger partial charge in [-0.1, -0.05) is 13.8 Å².